The summed E-state index contributed by atoms with van der Waals surface area (Å²) in [6.07, 6.45) is 0.336. The van der Waals surface area contributed by atoms with Gasteiger partial charge in [0.05, 0.1) is 4.75 Å². The molecule has 1 aliphatic rings. The molecule has 7 heteroatoms. The number of carboxylic acids is 1. The van der Waals surface area contributed by atoms with Crippen molar-refractivity contribution in [1.82, 2.24) is 4.72 Å². The Bertz CT molecular complexity index is 377. The average molecular weight is 267 g/mol. The highest BCUT2D eigenvalue weighted by Crippen LogP contribution is 2.30. The molecule has 1 aliphatic heterocycles. The quantitative estimate of drug-likeness (QED) is 0.785. The Morgan fingerprint density at radius 2 is 2.00 bits per heavy atom. The summed E-state index contributed by atoms with van der Waals surface area (Å²) < 4.78 is 25.2. The number of sulfonamides is 1. The molecule has 1 fully saturated rings. The van der Waals surface area contributed by atoms with Gasteiger partial charge in [-0.15, -0.1) is 0 Å². The van der Waals surface area contributed by atoms with Crippen molar-refractivity contribution < 1.29 is 18.3 Å². The van der Waals surface area contributed by atoms with Gasteiger partial charge in [0, 0.05) is 5.75 Å². The first-order valence-corrected chi connectivity index (χ1v) is 7.59. The zero-order chi connectivity index (χ0) is 12.6. The van der Waals surface area contributed by atoms with Crippen LogP contribution in [-0.2, 0) is 14.8 Å². The van der Waals surface area contributed by atoms with Crippen LogP contribution in [0.15, 0.2) is 0 Å². The second kappa shape index (κ2) is 4.19. The van der Waals surface area contributed by atoms with Gasteiger partial charge in [-0.25, -0.2) is 8.42 Å². The maximum atomic E-state index is 11.9. The van der Waals surface area contributed by atoms with Gasteiger partial charge in [-0.2, -0.15) is 16.5 Å². The van der Waals surface area contributed by atoms with Crippen LogP contribution in [-0.4, -0.2) is 41.3 Å². The van der Waals surface area contributed by atoms with Crippen LogP contribution in [0.25, 0.3) is 0 Å². The van der Waals surface area contributed by atoms with Crippen molar-refractivity contribution in [2.24, 2.45) is 0 Å². The first-order valence-electron chi connectivity index (χ1n) is 4.95. The molecular weight excluding hydrogens is 250 g/mol. The Hall–Kier alpha value is -0.270. The SMILES string of the molecule is CC(C)(C)S(=O)(=O)NC1(C(=O)O)CCSC1. The highest BCUT2D eigenvalue weighted by molar-refractivity contribution is 7.99. The van der Waals surface area contributed by atoms with Gasteiger partial charge in [0.1, 0.15) is 5.54 Å². The van der Waals surface area contributed by atoms with Crippen LogP contribution in [0.5, 0.6) is 0 Å². The van der Waals surface area contributed by atoms with E-state index in [1.807, 2.05) is 0 Å². The standard InChI is InChI=1S/C9H17NO4S2/c1-8(2,3)16(13,14)10-9(7(11)12)4-5-15-6-9/h10H,4-6H2,1-3H3,(H,11,12). The maximum absolute atomic E-state index is 11.9. The van der Waals surface area contributed by atoms with Crippen molar-refractivity contribution in [3.8, 4) is 0 Å². The van der Waals surface area contributed by atoms with Gasteiger partial charge in [0.15, 0.2) is 0 Å². The topological polar surface area (TPSA) is 83.5 Å². The number of hydrogen-bond acceptors (Lipinski definition) is 4. The molecule has 1 unspecified atom stereocenters. The van der Waals surface area contributed by atoms with Crippen LogP contribution in [0.1, 0.15) is 27.2 Å². The van der Waals surface area contributed by atoms with Crippen LogP contribution >= 0.6 is 11.8 Å². The summed E-state index contributed by atoms with van der Waals surface area (Å²) in [4.78, 5) is 11.2. The Morgan fingerprint density at radius 3 is 2.31 bits per heavy atom. The third kappa shape index (κ3) is 2.52. The smallest absolute Gasteiger partial charge is 0.325 e. The Morgan fingerprint density at radius 1 is 1.44 bits per heavy atom. The van der Waals surface area contributed by atoms with Crippen molar-refractivity contribution in [3.05, 3.63) is 0 Å². The van der Waals surface area contributed by atoms with E-state index in [2.05, 4.69) is 4.72 Å². The third-order valence-electron chi connectivity index (χ3n) is 2.57. The molecule has 5 nitrogen and oxygen atoms in total. The Kier molecular flexibility index (Phi) is 3.62. The van der Waals surface area contributed by atoms with E-state index in [0.29, 0.717) is 12.2 Å². The van der Waals surface area contributed by atoms with Crippen LogP contribution in [0.3, 0.4) is 0 Å². The van der Waals surface area contributed by atoms with Gasteiger partial charge in [-0.1, -0.05) is 0 Å². The summed E-state index contributed by atoms with van der Waals surface area (Å²) >= 11 is 1.45. The maximum Gasteiger partial charge on any atom is 0.325 e. The predicted octanol–water partition coefficient (Wildman–Crippen LogP) is 0.665. The molecule has 0 aromatic heterocycles. The van der Waals surface area contributed by atoms with Crippen LogP contribution in [0.2, 0.25) is 0 Å². The van der Waals surface area contributed by atoms with E-state index in [9.17, 15) is 13.2 Å². The molecule has 0 bridgehead atoms. The third-order valence-corrected chi connectivity index (χ3v) is 6.03. The van der Waals surface area contributed by atoms with Gasteiger partial charge >= 0.3 is 5.97 Å². The molecule has 1 saturated heterocycles. The molecule has 94 valence electrons. The normalized spacial score (nSPS) is 26.9. The minimum absolute atomic E-state index is 0.289. The van der Waals surface area contributed by atoms with Crippen molar-refractivity contribution >= 4 is 27.8 Å². The molecule has 0 amide bonds. The molecule has 0 radical (unpaired) electrons. The van der Waals surface area contributed by atoms with E-state index in [4.69, 9.17) is 5.11 Å². The number of rotatable bonds is 3. The molecule has 1 rings (SSSR count). The molecule has 1 atom stereocenters. The molecule has 0 saturated carbocycles. The lowest BCUT2D eigenvalue weighted by Crippen LogP contribution is -2.58. The fourth-order valence-corrected chi connectivity index (χ4v) is 3.77. The first kappa shape index (κ1) is 13.8. The predicted molar refractivity (Wildman–Crippen MR) is 64.1 cm³/mol. The van der Waals surface area contributed by atoms with Gasteiger partial charge in [0.25, 0.3) is 0 Å². The van der Waals surface area contributed by atoms with Gasteiger partial charge in [0.2, 0.25) is 10.0 Å². The lowest BCUT2D eigenvalue weighted by atomic mass is 10.0. The Labute approximate surface area is 100 Å². The fraction of sp³-hybridized carbons (Fsp3) is 0.889. The molecule has 0 aromatic rings. The summed E-state index contributed by atoms with van der Waals surface area (Å²) in [6.45, 7) is 4.65. The lowest BCUT2D eigenvalue weighted by Gasteiger charge is -2.29. The summed E-state index contributed by atoms with van der Waals surface area (Å²) in [5, 5.41) is 9.15. The van der Waals surface area contributed by atoms with Crippen molar-refractivity contribution in [2.75, 3.05) is 11.5 Å². The largest absolute Gasteiger partial charge is 0.480 e. The number of carbonyl (C=O) groups is 1. The summed E-state index contributed by atoms with van der Waals surface area (Å²) in [6, 6.07) is 0. The van der Waals surface area contributed by atoms with Crippen LogP contribution in [0.4, 0.5) is 0 Å². The highest BCUT2D eigenvalue weighted by Gasteiger charge is 2.47. The zero-order valence-corrected chi connectivity index (χ0v) is 11.2. The van der Waals surface area contributed by atoms with E-state index in [1.165, 1.54) is 11.8 Å². The first-order chi connectivity index (χ1) is 7.11. The molecule has 1 heterocycles. The molecule has 0 spiro atoms. The van der Waals surface area contributed by atoms with E-state index in [-0.39, 0.29) is 5.75 Å². The molecule has 0 aromatic carbocycles. The van der Waals surface area contributed by atoms with E-state index >= 15 is 0 Å². The second-order valence-corrected chi connectivity index (χ2v) is 8.45. The average Bonchev–Trinajstić information content (AvgIpc) is 2.50. The summed E-state index contributed by atoms with van der Waals surface area (Å²) in [5.74, 6) is -0.137. The Balaban J connectivity index is 2.99. The van der Waals surface area contributed by atoms with Gasteiger partial charge < -0.3 is 5.11 Å². The summed E-state index contributed by atoms with van der Waals surface area (Å²) in [7, 11) is -3.63. The second-order valence-electron chi connectivity index (χ2n) is 4.91. The molecular formula is C9H17NO4S2. The van der Waals surface area contributed by atoms with Gasteiger partial charge in [-0.3, -0.25) is 4.79 Å². The van der Waals surface area contributed by atoms with E-state index in [0.717, 1.165) is 0 Å². The minimum Gasteiger partial charge on any atom is -0.480 e. The number of thioether (sulfide) groups is 1. The van der Waals surface area contributed by atoms with E-state index in [1.54, 1.807) is 20.8 Å². The minimum atomic E-state index is -3.63. The monoisotopic (exact) mass is 267 g/mol. The zero-order valence-electron chi connectivity index (χ0n) is 9.61. The van der Waals surface area contributed by atoms with Crippen LogP contribution < -0.4 is 4.72 Å². The van der Waals surface area contributed by atoms with Crippen molar-refractivity contribution in [2.45, 2.75) is 37.5 Å². The van der Waals surface area contributed by atoms with E-state index < -0.39 is 26.3 Å². The van der Waals surface area contributed by atoms with Crippen LogP contribution in [0, 0.1) is 0 Å². The summed E-state index contributed by atoms with van der Waals surface area (Å²) in [5.41, 5.74) is -1.32. The van der Waals surface area contributed by atoms with Crippen molar-refractivity contribution in [1.29, 1.82) is 0 Å². The fourth-order valence-electron chi connectivity index (χ4n) is 1.27. The molecule has 2 N–H and O–H groups in total. The number of carboxylic acid groups (broad SMARTS) is 1. The molecule has 0 aliphatic carbocycles. The number of aliphatic carboxylic acids is 1. The highest BCUT2D eigenvalue weighted by atomic mass is 32.2. The lowest BCUT2D eigenvalue weighted by molar-refractivity contribution is -0.142. The van der Waals surface area contributed by atoms with Gasteiger partial charge in [-0.05, 0) is 32.9 Å². The van der Waals surface area contributed by atoms with Crippen molar-refractivity contribution in [3.63, 3.8) is 0 Å². The number of hydrogen-bond donors (Lipinski definition) is 2. The number of nitrogens with one attached hydrogen (secondary N) is 1. The molecule has 16 heavy (non-hydrogen) atoms.